The van der Waals surface area contributed by atoms with E-state index < -0.39 is 0 Å². The van der Waals surface area contributed by atoms with E-state index in [1.807, 2.05) is 49.4 Å². The molecule has 4 nitrogen and oxygen atoms in total. The third kappa shape index (κ3) is 3.35. The number of fused-ring (bicyclic) bond motifs is 1. The minimum absolute atomic E-state index is 0.0341. The Morgan fingerprint density at radius 2 is 2.00 bits per heavy atom. The molecule has 0 unspecified atom stereocenters. The fraction of sp³-hybridized carbons (Fsp3) is 0.222. The zero-order valence-corrected chi connectivity index (χ0v) is 13.9. The lowest BCUT2D eigenvalue weighted by Gasteiger charge is -2.02. The summed E-state index contributed by atoms with van der Waals surface area (Å²) < 4.78 is 6.19. The molecule has 1 N–H and O–H groups in total. The maximum Gasteiger partial charge on any atom is 0.251 e. The lowest BCUT2D eigenvalue weighted by Crippen LogP contribution is -2.23. The number of amides is 1. The number of hydrogen-bond donors (Lipinski definition) is 1. The predicted molar refractivity (Wildman–Crippen MR) is 94.2 cm³/mol. The zero-order valence-electron chi connectivity index (χ0n) is 13.1. The van der Waals surface area contributed by atoms with E-state index in [0.717, 1.165) is 33.0 Å². The summed E-state index contributed by atoms with van der Waals surface area (Å²) in [6.07, 6.45) is 0.927. The molecule has 118 valence electrons. The van der Waals surface area contributed by atoms with E-state index in [2.05, 4.69) is 10.3 Å². The van der Waals surface area contributed by atoms with Gasteiger partial charge >= 0.3 is 0 Å². The first-order valence-electron chi connectivity index (χ1n) is 7.54. The van der Waals surface area contributed by atoms with Crippen molar-refractivity contribution in [3.05, 3.63) is 48.0 Å². The molecule has 1 amide bonds. The van der Waals surface area contributed by atoms with E-state index in [4.69, 9.17) is 4.74 Å². The van der Waals surface area contributed by atoms with Gasteiger partial charge in [-0.3, -0.25) is 4.79 Å². The van der Waals surface area contributed by atoms with E-state index in [1.54, 1.807) is 18.4 Å². The molecule has 0 aliphatic heterocycles. The van der Waals surface area contributed by atoms with Crippen molar-refractivity contribution in [1.29, 1.82) is 0 Å². The van der Waals surface area contributed by atoms with Crippen molar-refractivity contribution < 1.29 is 9.53 Å². The quantitative estimate of drug-likeness (QED) is 0.767. The van der Waals surface area contributed by atoms with Crippen LogP contribution in [0.3, 0.4) is 0 Å². The standard InChI is InChI=1S/C18H18N2O2S/c1-3-10-19-17(21)13-6-9-15-16(11-13)23-18(20-15)12-4-7-14(22-2)8-5-12/h4-9,11H,3,10H2,1-2H3,(H,19,21). The van der Waals surface area contributed by atoms with Crippen molar-refractivity contribution in [3.8, 4) is 16.3 Å². The van der Waals surface area contributed by atoms with Gasteiger partial charge in [0, 0.05) is 17.7 Å². The van der Waals surface area contributed by atoms with Gasteiger partial charge in [-0.2, -0.15) is 0 Å². The highest BCUT2D eigenvalue weighted by Gasteiger charge is 2.10. The SMILES string of the molecule is CCCNC(=O)c1ccc2nc(-c3ccc(OC)cc3)sc2c1. The number of nitrogens with zero attached hydrogens (tertiary/aromatic N) is 1. The Balaban J connectivity index is 1.90. The van der Waals surface area contributed by atoms with Gasteiger partial charge in [0.2, 0.25) is 0 Å². The van der Waals surface area contributed by atoms with Crippen molar-refractivity contribution in [2.24, 2.45) is 0 Å². The second kappa shape index (κ2) is 6.79. The van der Waals surface area contributed by atoms with Crippen LogP contribution in [0.15, 0.2) is 42.5 Å². The summed E-state index contributed by atoms with van der Waals surface area (Å²) >= 11 is 1.59. The third-order valence-electron chi connectivity index (χ3n) is 3.52. The summed E-state index contributed by atoms with van der Waals surface area (Å²) in [4.78, 5) is 16.7. The van der Waals surface area contributed by atoms with Crippen LogP contribution >= 0.6 is 11.3 Å². The van der Waals surface area contributed by atoms with Gasteiger partial charge < -0.3 is 10.1 Å². The molecule has 0 spiro atoms. The number of thiazole rings is 1. The largest absolute Gasteiger partial charge is 0.497 e. The van der Waals surface area contributed by atoms with Crippen LogP contribution in [0.1, 0.15) is 23.7 Å². The summed E-state index contributed by atoms with van der Waals surface area (Å²) in [5.74, 6) is 0.790. The van der Waals surface area contributed by atoms with Gasteiger partial charge in [-0.05, 0) is 48.9 Å². The van der Waals surface area contributed by atoms with E-state index in [-0.39, 0.29) is 5.91 Å². The Morgan fingerprint density at radius 1 is 1.22 bits per heavy atom. The molecule has 0 fully saturated rings. The van der Waals surface area contributed by atoms with Crippen molar-refractivity contribution in [2.45, 2.75) is 13.3 Å². The number of carbonyl (C=O) groups excluding carboxylic acids is 1. The average Bonchev–Trinajstić information content (AvgIpc) is 3.02. The van der Waals surface area contributed by atoms with Crippen LogP contribution in [0.5, 0.6) is 5.75 Å². The predicted octanol–water partition coefficient (Wildman–Crippen LogP) is 4.11. The number of benzene rings is 2. The Labute approximate surface area is 139 Å². The van der Waals surface area contributed by atoms with Crippen LogP contribution in [-0.2, 0) is 0 Å². The molecule has 23 heavy (non-hydrogen) atoms. The van der Waals surface area contributed by atoms with Gasteiger partial charge in [0.05, 0.1) is 17.3 Å². The molecular formula is C18H18N2O2S. The maximum absolute atomic E-state index is 12.1. The van der Waals surface area contributed by atoms with Crippen LogP contribution < -0.4 is 10.1 Å². The number of rotatable bonds is 5. The smallest absolute Gasteiger partial charge is 0.251 e. The Bertz CT molecular complexity index is 825. The van der Waals surface area contributed by atoms with Crippen LogP contribution in [0.2, 0.25) is 0 Å². The molecule has 0 saturated heterocycles. The van der Waals surface area contributed by atoms with Crippen molar-refractivity contribution >= 4 is 27.5 Å². The normalized spacial score (nSPS) is 10.7. The van der Waals surface area contributed by atoms with Crippen LogP contribution in [-0.4, -0.2) is 24.5 Å². The second-order valence-electron chi connectivity index (χ2n) is 5.19. The van der Waals surface area contributed by atoms with Gasteiger partial charge in [-0.15, -0.1) is 11.3 Å². The highest BCUT2D eigenvalue weighted by atomic mass is 32.1. The summed E-state index contributed by atoms with van der Waals surface area (Å²) in [5.41, 5.74) is 2.63. The summed E-state index contributed by atoms with van der Waals surface area (Å²) in [5, 5.41) is 3.83. The molecule has 2 aromatic carbocycles. The number of ether oxygens (including phenoxy) is 1. The molecule has 3 aromatic rings. The number of methoxy groups -OCH3 is 1. The molecule has 0 saturated carbocycles. The highest BCUT2D eigenvalue weighted by molar-refractivity contribution is 7.21. The van der Waals surface area contributed by atoms with Gasteiger partial charge in [-0.1, -0.05) is 6.92 Å². The molecule has 1 heterocycles. The molecule has 0 aliphatic carbocycles. The third-order valence-corrected chi connectivity index (χ3v) is 4.59. The summed E-state index contributed by atoms with van der Waals surface area (Å²) in [6.45, 7) is 2.73. The fourth-order valence-corrected chi connectivity index (χ4v) is 3.27. The Hall–Kier alpha value is -2.40. The topological polar surface area (TPSA) is 51.2 Å². The van der Waals surface area contributed by atoms with Crippen molar-refractivity contribution in [1.82, 2.24) is 10.3 Å². The van der Waals surface area contributed by atoms with E-state index >= 15 is 0 Å². The number of carbonyl (C=O) groups is 1. The number of hydrogen-bond acceptors (Lipinski definition) is 4. The lowest BCUT2D eigenvalue weighted by molar-refractivity contribution is 0.0954. The molecule has 3 rings (SSSR count). The van der Waals surface area contributed by atoms with E-state index in [0.29, 0.717) is 12.1 Å². The minimum atomic E-state index is -0.0341. The highest BCUT2D eigenvalue weighted by Crippen LogP contribution is 2.31. The molecule has 1 aromatic heterocycles. The van der Waals surface area contributed by atoms with Gasteiger partial charge in [0.1, 0.15) is 10.8 Å². The van der Waals surface area contributed by atoms with Crippen molar-refractivity contribution in [3.63, 3.8) is 0 Å². The number of nitrogens with one attached hydrogen (secondary N) is 1. The van der Waals surface area contributed by atoms with Crippen LogP contribution in [0.25, 0.3) is 20.8 Å². The second-order valence-corrected chi connectivity index (χ2v) is 6.22. The van der Waals surface area contributed by atoms with Crippen molar-refractivity contribution in [2.75, 3.05) is 13.7 Å². The lowest BCUT2D eigenvalue weighted by atomic mass is 10.2. The first kappa shape index (κ1) is 15.5. The monoisotopic (exact) mass is 326 g/mol. The maximum atomic E-state index is 12.1. The number of aromatic nitrogens is 1. The molecule has 5 heteroatoms. The average molecular weight is 326 g/mol. The molecule has 0 aliphatic rings. The minimum Gasteiger partial charge on any atom is -0.497 e. The van der Waals surface area contributed by atoms with E-state index in [1.165, 1.54) is 0 Å². The zero-order chi connectivity index (χ0) is 16.2. The van der Waals surface area contributed by atoms with Crippen LogP contribution in [0.4, 0.5) is 0 Å². The molecule has 0 atom stereocenters. The van der Waals surface area contributed by atoms with Gasteiger partial charge in [0.25, 0.3) is 5.91 Å². The fourth-order valence-electron chi connectivity index (χ4n) is 2.26. The molecule has 0 radical (unpaired) electrons. The molecular weight excluding hydrogens is 308 g/mol. The van der Waals surface area contributed by atoms with Gasteiger partial charge in [0.15, 0.2) is 0 Å². The summed E-state index contributed by atoms with van der Waals surface area (Å²) in [7, 11) is 1.65. The first-order chi connectivity index (χ1) is 11.2. The van der Waals surface area contributed by atoms with Crippen LogP contribution in [0, 0.1) is 0 Å². The Kier molecular flexibility index (Phi) is 4.57. The summed E-state index contributed by atoms with van der Waals surface area (Å²) in [6, 6.07) is 13.5. The van der Waals surface area contributed by atoms with E-state index in [9.17, 15) is 4.79 Å². The first-order valence-corrected chi connectivity index (χ1v) is 8.36. The molecule has 0 bridgehead atoms. The Morgan fingerprint density at radius 3 is 2.70 bits per heavy atom. The van der Waals surface area contributed by atoms with Gasteiger partial charge in [-0.25, -0.2) is 4.98 Å².